The van der Waals surface area contributed by atoms with E-state index >= 15 is 0 Å². The first-order valence-electron chi connectivity index (χ1n) is 9.65. The van der Waals surface area contributed by atoms with Crippen molar-refractivity contribution in [2.75, 3.05) is 6.61 Å². The molecule has 0 heterocycles. The first-order chi connectivity index (χ1) is 11.8. The van der Waals surface area contributed by atoms with Gasteiger partial charge in [0.1, 0.15) is 0 Å². The van der Waals surface area contributed by atoms with Crippen LogP contribution in [-0.2, 0) is 4.74 Å². The van der Waals surface area contributed by atoms with Gasteiger partial charge >= 0.3 is 0 Å². The van der Waals surface area contributed by atoms with E-state index in [-0.39, 0.29) is 0 Å². The maximum absolute atomic E-state index is 5.55. The predicted molar refractivity (Wildman–Crippen MR) is 103 cm³/mol. The molecule has 2 aliphatic carbocycles. The fourth-order valence-corrected chi connectivity index (χ4v) is 4.04. The second-order valence-electron chi connectivity index (χ2n) is 6.91. The minimum absolute atomic E-state index is 0.609. The van der Waals surface area contributed by atoms with Crippen molar-refractivity contribution in [3.63, 3.8) is 0 Å². The van der Waals surface area contributed by atoms with E-state index in [2.05, 4.69) is 62.4 Å². The molecule has 1 heteroatoms. The van der Waals surface area contributed by atoms with Crippen molar-refractivity contribution in [1.29, 1.82) is 0 Å². The molecule has 0 aliphatic heterocycles. The lowest BCUT2D eigenvalue weighted by molar-refractivity contribution is 0.0589. The van der Waals surface area contributed by atoms with Crippen LogP contribution in [0.15, 0.2) is 48.5 Å². The maximum Gasteiger partial charge on any atom is 0.0575 e. The van der Waals surface area contributed by atoms with Gasteiger partial charge in [-0.15, -0.1) is 0 Å². The molecule has 1 fully saturated rings. The van der Waals surface area contributed by atoms with Gasteiger partial charge in [-0.1, -0.05) is 75.2 Å². The highest BCUT2D eigenvalue weighted by molar-refractivity contribution is 5.78. The number of fused-ring (bicyclic) bond motifs is 3. The number of rotatable bonds is 4. The zero-order chi connectivity index (χ0) is 16.8. The van der Waals surface area contributed by atoms with E-state index in [1.807, 2.05) is 0 Å². The van der Waals surface area contributed by atoms with Gasteiger partial charge in [-0.25, -0.2) is 0 Å². The Kier molecular flexibility index (Phi) is 6.09. The summed E-state index contributed by atoms with van der Waals surface area (Å²) in [6.45, 7) is 5.39. The molecule has 0 aromatic heterocycles. The van der Waals surface area contributed by atoms with Crippen LogP contribution < -0.4 is 0 Å². The fraction of sp³-hybridized carbons (Fsp3) is 0.478. The third kappa shape index (κ3) is 3.72. The first kappa shape index (κ1) is 17.2. The van der Waals surface area contributed by atoms with Crippen LogP contribution in [0.2, 0.25) is 0 Å². The topological polar surface area (TPSA) is 9.23 Å². The Hall–Kier alpha value is -1.60. The highest BCUT2D eigenvalue weighted by Gasteiger charge is 2.25. The van der Waals surface area contributed by atoms with Crippen LogP contribution in [0.1, 0.15) is 69.4 Å². The lowest BCUT2D eigenvalue weighted by Crippen LogP contribution is -2.07. The zero-order valence-corrected chi connectivity index (χ0v) is 15.1. The molecule has 0 bridgehead atoms. The Bertz CT molecular complexity index is 594. The smallest absolute Gasteiger partial charge is 0.0575 e. The molecule has 0 radical (unpaired) electrons. The van der Waals surface area contributed by atoms with E-state index in [0.29, 0.717) is 12.0 Å². The fourth-order valence-electron chi connectivity index (χ4n) is 4.04. The lowest BCUT2D eigenvalue weighted by atomic mass is 9.95. The molecular weight excluding hydrogens is 292 g/mol. The number of hydrogen-bond acceptors (Lipinski definition) is 1. The van der Waals surface area contributed by atoms with Crippen molar-refractivity contribution in [2.45, 2.75) is 64.4 Å². The minimum Gasteiger partial charge on any atom is -0.378 e. The molecule has 0 N–H and O–H groups in total. The summed E-state index contributed by atoms with van der Waals surface area (Å²) in [6, 6.07) is 17.6. The third-order valence-electron chi connectivity index (χ3n) is 5.23. The summed E-state index contributed by atoms with van der Waals surface area (Å²) in [7, 11) is 0. The van der Waals surface area contributed by atoms with E-state index in [0.717, 1.165) is 13.0 Å². The van der Waals surface area contributed by atoms with Crippen LogP contribution in [0.4, 0.5) is 0 Å². The summed E-state index contributed by atoms with van der Waals surface area (Å²) in [5, 5.41) is 0. The Morgan fingerprint density at radius 1 is 0.833 bits per heavy atom. The largest absolute Gasteiger partial charge is 0.378 e. The SMILES string of the molecule is CCC1c2ccccc2-c2ccccc21.CCCOC1CCCC1. The molecule has 0 atom stereocenters. The molecule has 24 heavy (non-hydrogen) atoms. The van der Waals surface area contributed by atoms with E-state index in [9.17, 15) is 0 Å². The Balaban J connectivity index is 0.000000162. The summed E-state index contributed by atoms with van der Waals surface area (Å²) in [6.07, 6.45) is 8.35. The highest BCUT2D eigenvalue weighted by atomic mass is 16.5. The third-order valence-corrected chi connectivity index (χ3v) is 5.23. The second kappa shape index (κ2) is 8.48. The van der Waals surface area contributed by atoms with Crippen LogP contribution in [0.3, 0.4) is 0 Å². The van der Waals surface area contributed by atoms with Gasteiger partial charge in [0.15, 0.2) is 0 Å². The normalized spacial score (nSPS) is 16.4. The van der Waals surface area contributed by atoms with Crippen molar-refractivity contribution < 1.29 is 4.74 Å². The molecule has 2 aliphatic rings. The van der Waals surface area contributed by atoms with Gasteiger partial charge in [0.2, 0.25) is 0 Å². The van der Waals surface area contributed by atoms with Crippen LogP contribution in [0.5, 0.6) is 0 Å². The molecule has 2 aromatic rings. The summed E-state index contributed by atoms with van der Waals surface area (Å²) in [4.78, 5) is 0. The monoisotopic (exact) mass is 322 g/mol. The van der Waals surface area contributed by atoms with Crippen molar-refractivity contribution in [2.24, 2.45) is 0 Å². The van der Waals surface area contributed by atoms with Crippen molar-refractivity contribution in [1.82, 2.24) is 0 Å². The number of hydrogen-bond donors (Lipinski definition) is 0. The van der Waals surface area contributed by atoms with Crippen molar-refractivity contribution in [3.05, 3.63) is 59.7 Å². The van der Waals surface area contributed by atoms with Gasteiger partial charge < -0.3 is 4.74 Å². The minimum atomic E-state index is 0.609. The van der Waals surface area contributed by atoms with E-state index in [1.54, 1.807) is 0 Å². The van der Waals surface area contributed by atoms with Gasteiger partial charge in [0, 0.05) is 12.5 Å². The first-order valence-corrected chi connectivity index (χ1v) is 9.65. The lowest BCUT2D eigenvalue weighted by Gasteiger charge is -2.09. The molecule has 0 saturated heterocycles. The van der Waals surface area contributed by atoms with E-state index in [4.69, 9.17) is 4.74 Å². The van der Waals surface area contributed by atoms with Gasteiger partial charge in [-0.05, 0) is 47.9 Å². The zero-order valence-electron chi connectivity index (χ0n) is 15.1. The Morgan fingerprint density at radius 3 is 1.88 bits per heavy atom. The average molecular weight is 322 g/mol. The van der Waals surface area contributed by atoms with Crippen LogP contribution >= 0.6 is 0 Å². The van der Waals surface area contributed by atoms with Crippen LogP contribution in [-0.4, -0.2) is 12.7 Å². The molecule has 0 amide bonds. The average Bonchev–Trinajstić information content (AvgIpc) is 3.26. The Morgan fingerprint density at radius 2 is 1.38 bits per heavy atom. The van der Waals surface area contributed by atoms with Crippen molar-refractivity contribution >= 4 is 0 Å². The highest BCUT2D eigenvalue weighted by Crippen LogP contribution is 2.45. The second-order valence-corrected chi connectivity index (χ2v) is 6.91. The number of benzene rings is 2. The van der Waals surface area contributed by atoms with Gasteiger partial charge in [0.25, 0.3) is 0 Å². The van der Waals surface area contributed by atoms with Gasteiger partial charge in [-0.2, -0.15) is 0 Å². The molecule has 0 spiro atoms. The predicted octanol–water partition coefficient (Wildman–Crippen LogP) is 6.56. The van der Waals surface area contributed by atoms with Gasteiger partial charge in [0.05, 0.1) is 6.10 Å². The quantitative estimate of drug-likeness (QED) is 0.619. The standard InChI is InChI=1S/C15H14.C8H16O/c1-2-11-12-7-3-5-9-14(12)15-10-6-4-8-13(11)15;1-2-7-9-8-5-3-4-6-8/h3-11H,2H2,1H3;8H,2-7H2,1H3. The Labute approximate surface area is 147 Å². The molecule has 4 rings (SSSR count). The molecule has 1 saturated carbocycles. The van der Waals surface area contributed by atoms with Crippen LogP contribution in [0, 0.1) is 0 Å². The summed E-state index contributed by atoms with van der Waals surface area (Å²) >= 11 is 0. The molecule has 1 nitrogen and oxygen atoms in total. The summed E-state index contributed by atoms with van der Waals surface area (Å²) in [5.74, 6) is 0.609. The molecule has 128 valence electrons. The summed E-state index contributed by atoms with van der Waals surface area (Å²) in [5.41, 5.74) is 5.86. The maximum atomic E-state index is 5.55. The van der Waals surface area contributed by atoms with E-state index in [1.165, 1.54) is 54.4 Å². The molecule has 0 unspecified atom stereocenters. The van der Waals surface area contributed by atoms with Crippen LogP contribution in [0.25, 0.3) is 11.1 Å². The molecule has 2 aromatic carbocycles. The molecular formula is C23H30O. The van der Waals surface area contributed by atoms with Crippen molar-refractivity contribution in [3.8, 4) is 11.1 Å². The summed E-state index contributed by atoms with van der Waals surface area (Å²) < 4.78 is 5.55. The number of ether oxygens (including phenoxy) is 1. The van der Waals surface area contributed by atoms with E-state index < -0.39 is 0 Å². The van der Waals surface area contributed by atoms with Gasteiger partial charge in [-0.3, -0.25) is 0 Å².